The highest BCUT2D eigenvalue weighted by atomic mass is 32.1. The van der Waals surface area contributed by atoms with Crippen LogP contribution < -0.4 is 21.1 Å². The predicted molar refractivity (Wildman–Crippen MR) is 165 cm³/mol. The van der Waals surface area contributed by atoms with E-state index in [-0.39, 0.29) is 23.0 Å². The Kier molecular flexibility index (Phi) is 6.14. The zero-order chi connectivity index (χ0) is 29.7. The van der Waals surface area contributed by atoms with E-state index in [4.69, 9.17) is 30.7 Å². The number of fused-ring (bicyclic) bond motifs is 5. The minimum atomic E-state index is -0.384. The van der Waals surface area contributed by atoms with Crippen molar-refractivity contribution >= 4 is 22.2 Å². The number of nitrogen functional groups attached to an aromatic ring is 1. The molecule has 0 unspecified atom stereocenters. The Bertz CT molecular complexity index is 1640. The molecule has 1 spiro atoms. The fourth-order valence-electron chi connectivity index (χ4n) is 8.89. The second-order valence-corrected chi connectivity index (χ2v) is 14.9. The maximum absolute atomic E-state index is 10.1. The fraction of sp³-hybridized carbons (Fsp3) is 0.625. The molecule has 3 aromatic rings. The summed E-state index contributed by atoms with van der Waals surface area (Å²) in [6, 6.07) is 5.01. The first kappa shape index (κ1) is 27.4. The van der Waals surface area contributed by atoms with Gasteiger partial charge in [-0.3, -0.25) is 4.90 Å². The number of nitrogens with two attached hydrogens (primary N) is 2. The van der Waals surface area contributed by atoms with Crippen molar-refractivity contribution in [3.63, 3.8) is 0 Å². The summed E-state index contributed by atoms with van der Waals surface area (Å²) < 4.78 is 12.9. The number of thiophene rings is 1. The molecule has 5 heterocycles. The molecule has 3 aliphatic carbocycles. The number of anilines is 2. The standard InChI is InChI=1S/C32H40N8O2S/c1-17(21-8-6-12-39(21)3)41-24-13-23(40-15-20-27(34)31(20,2)16-40)36-30(37-24)26-18-7-4-10-32(28(18)42-38-26)11-5-9-22-25(32)19(14-33)29(35)43-22/h13,17,20-21,27H,4-12,15-16,34-35H2,1-3H3/t17-,20+,21-,27+,31+,32-/m0/s1. The topological polar surface area (TPSA) is 143 Å². The Morgan fingerprint density at radius 1 is 1.23 bits per heavy atom. The SMILES string of the molecule is C[C@H](Oc1cc(N2C[C@@H]3[C@@H](N)[C@]3(C)C2)nc(-c2noc3c2CCC[C@@]32CCCc3sc(N)c(C#N)c32)n1)[C@@H]1CCCN1C. The molecule has 4 N–H and O–H groups in total. The quantitative estimate of drug-likeness (QED) is 0.436. The lowest BCUT2D eigenvalue weighted by molar-refractivity contribution is 0.117. The highest BCUT2D eigenvalue weighted by molar-refractivity contribution is 7.16. The molecular weight excluding hydrogens is 560 g/mol. The number of nitrogens with zero attached hydrogens (tertiary/aromatic N) is 6. The number of aromatic nitrogens is 3. The van der Waals surface area contributed by atoms with Crippen LogP contribution in [0.3, 0.4) is 0 Å². The number of rotatable bonds is 5. The molecule has 11 heteroatoms. The van der Waals surface area contributed by atoms with Crippen molar-refractivity contribution in [2.45, 2.75) is 88.8 Å². The van der Waals surface area contributed by atoms with Crippen molar-refractivity contribution < 1.29 is 9.26 Å². The normalized spacial score (nSPS) is 31.9. The highest BCUT2D eigenvalue weighted by Crippen LogP contribution is 2.57. The monoisotopic (exact) mass is 600 g/mol. The lowest BCUT2D eigenvalue weighted by Crippen LogP contribution is -2.38. The molecule has 3 fully saturated rings. The molecule has 0 radical (unpaired) electrons. The summed E-state index contributed by atoms with van der Waals surface area (Å²) in [6.07, 6.45) is 7.91. The molecule has 5 aliphatic rings. The van der Waals surface area contributed by atoms with E-state index in [0.717, 1.165) is 87.3 Å². The van der Waals surface area contributed by atoms with E-state index in [0.29, 0.717) is 39.9 Å². The van der Waals surface area contributed by atoms with E-state index in [9.17, 15) is 5.26 Å². The number of piperidine rings is 1. The number of nitriles is 1. The summed E-state index contributed by atoms with van der Waals surface area (Å²) in [7, 11) is 2.17. The van der Waals surface area contributed by atoms with Gasteiger partial charge in [0.15, 0.2) is 17.3 Å². The van der Waals surface area contributed by atoms with Gasteiger partial charge in [-0.2, -0.15) is 10.2 Å². The van der Waals surface area contributed by atoms with Crippen molar-refractivity contribution in [3.8, 4) is 23.5 Å². The maximum Gasteiger partial charge on any atom is 0.219 e. The van der Waals surface area contributed by atoms with E-state index in [1.807, 2.05) is 6.07 Å². The molecule has 10 nitrogen and oxygen atoms in total. The number of hydrogen-bond donors (Lipinski definition) is 2. The van der Waals surface area contributed by atoms with E-state index in [1.165, 1.54) is 11.3 Å². The Morgan fingerprint density at radius 3 is 2.77 bits per heavy atom. The maximum atomic E-state index is 10.1. The van der Waals surface area contributed by atoms with E-state index >= 15 is 0 Å². The first-order chi connectivity index (χ1) is 20.7. The average Bonchev–Trinajstić information content (AvgIpc) is 3.61. The summed E-state index contributed by atoms with van der Waals surface area (Å²) in [5, 5.41) is 15.4. The van der Waals surface area contributed by atoms with Crippen LogP contribution in [-0.2, 0) is 18.3 Å². The Hall–Kier alpha value is -3.20. The highest BCUT2D eigenvalue weighted by Gasteiger charge is 2.64. The van der Waals surface area contributed by atoms with Gasteiger partial charge in [0.1, 0.15) is 23.0 Å². The van der Waals surface area contributed by atoms with Crippen LogP contribution >= 0.6 is 11.3 Å². The third kappa shape index (κ3) is 3.99. The Balaban J connectivity index is 1.20. The lowest BCUT2D eigenvalue weighted by Gasteiger charge is -2.39. The van der Waals surface area contributed by atoms with Crippen molar-refractivity contribution in [2.75, 3.05) is 37.3 Å². The summed E-state index contributed by atoms with van der Waals surface area (Å²) in [6.45, 7) is 7.26. The third-order valence-corrected chi connectivity index (χ3v) is 12.5. The molecule has 6 atom stereocenters. The second-order valence-electron chi connectivity index (χ2n) is 13.8. The number of ether oxygens (including phenoxy) is 1. The first-order valence-electron chi connectivity index (χ1n) is 15.8. The second kappa shape index (κ2) is 9.65. The molecular formula is C32H40N8O2S. The summed E-state index contributed by atoms with van der Waals surface area (Å²) in [5.41, 5.74) is 15.9. The van der Waals surface area contributed by atoms with Gasteiger partial charge in [0.2, 0.25) is 5.88 Å². The van der Waals surface area contributed by atoms with Crippen LogP contribution in [0.2, 0.25) is 0 Å². The molecule has 226 valence electrons. The van der Waals surface area contributed by atoms with Crippen molar-refractivity contribution in [3.05, 3.63) is 33.4 Å². The Morgan fingerprint density at radius 2 is 2.05 bits per heavy atom. The minimum Gasteiger partial charge on any atom is -0.473 e. The first-order valence-corrected chi connectivity index (χ1v) is 16.6. The largest absolute Gasteiger partial charge is 0.473 e. The van der Waals surface area contributed by atoms with E-state index < -0.39 is 0 Å². The van der Waals surface area contributed by atoms with Gasteiger partial charge in [-0.25, -0.2) is 4.98 Å². The van der Waals surface area contributed by atoms with Gasteiger partial charge in [0.05, 0.1) is 11.0 Å². The van der Waals surface area contributed by atoms with Gasteiger partial charge < -0.3 is 25.6 Å². The smallest absolute Gasteiger partial charge is 0.219 e. The van der Waals surface area contributed by atoms with Gasteiger partial charge >= 0.3 is 0 Å². The Labute approximate surface area is 256 Å². The molecule has 0 aromatic carbocycles. The number of likely N-dealkylation sites (N-methyl/N-ethyl adjacent to an activating group) is 1. The summed E-state index contributed by atoms with van der Waals surface area (Å²) in [4.78, 5) is 16.0. The van der Waals surface area contributed by atoms with Gasteiger partial charge in [-0.15, -0.1) is 11.3 Å². The van der Waals surface area contributed by atoms with E-state index in [1.54, 1.807) is 11.3 Å². The molecule has 0 bridgehead atoms. The molecule has 1 saturated carbocycles. The lowest BCUT2D eigenvalue weighted by atomic mass is 9.63. The van der Waals surface area contributed by atoms with E-state index in [2.05, 4.69) is 41.9 Å². The number of aryl methyl sites for hydroxylation is 1. The summed E-state index contributed by atoms with van der Waals surface area (Å²) >= 11 is 1.56. The molecule has 2 saturated heterocycles. The fourth-order valence-corrected chi connectivity index (χ4v) is 10.0. The van der Waals surface area contributed by atoms with Crippen LogP contribution in [0.25, 0.3) is 11.5 Å². The minimum absolute atomic E-state index is 0.00961. The number of hydrogen-bond acceptors (Lipinski definition) is 11. The predicted octanol–water partition coefficient (Wildman–Crippen LogP) is 4.25. The van der Waals surface area contributed by atoms with Crippen molar-refractivity contribution in [1.82, 2.24) is 20.0 Å². The molecule has 0 amide bonds. The average molecular weight is 601 g/mol. The van der Waals surface area contributed by atoms with Crippen LogP contribution in [0.15, 0.2) is 10.6 Å². The van der Waals surface area contributed by atoms with Crippen LogP contribution in [0.4, 0.5) is 10.8 Å². The van der Waals surface area contributed by atoms with Crippen LogP contribution in [0, 0.1) is 22.7 Å². The number of likely N-dealkylation sites (tertiary alicyclic amines) is 1. The molecule has 8 rings (SSSR count). The van der Waals surface area contributed by atoms with Crippen LogP contribution in [0.5, 0.6) is 5.88 Å². The zero-order valence-corrected chi connectivity index (χ0v) is 26.0. The van der Waals surface area contributed by atoms with Gasteiger partial charge in [0, 0.05) is 53.0 Å². The molecule has 43 heavy (non-hydrogen) atoms. The van der Waals surface area contributed by atoms with Crippen molar-refractivity contribution in [2.24, 2.45) is 17.1 Å². The third-order valence-electron chi connectivity index (χ3n) is 11.4. The van der Waals surface area contributed by atoms with Gasteiger partial charge in [-0.1, -0.05) is 12.1 Å². The van der Waals surface area contributed by atoms with Crippen molar-refractivity contribution in [1.29, 1.82) is 5.26 Å². The summed E-state index contributed by atoms with van der Waals surface area (Å²) in [5.74, 6) is 3.31. The van der Waals surface area contributed by atoms with Gasteiger partial charge in [0.25, 0.3) is 0 Å². The van der Waals surface area contributed by atoms with Crippen LogP contribution in [0.1, 0.15) is 79.7 Å². The van der Waals surface area contributed by atoms with Crippen LogP contribution in [-0.4, -0.2) is 64.9 Å². The zero-order valence-electron chi connectivity index (χ0n) is 25.2. The molecule has 3 aromatic heterocycles. The molecule has 2 aliphatic heterocycles. The van der Waals surface area contributed by atoms with Gasteiger partial charge in [-0.05, 0) is 77.4 Å².